The molecule has 2 saturated heterocycles. The van der Waals surface area contributed by atoms with Crippen LogP contribution in [-0.4, -0.2) is 78.8 Å². The van der Waals surface area contributed by atoms with Gasteiger partial charge in [0.15, 0.2) is 0 Å². The van der Waals surface area contributed by atoms with Gasteiger partial charge in [-0.15, -0.1) is 0 Å². The van der Waals surface area contributed by atoms with Gasteiger partial charge in [0.2, 0.25) is 0 Å². The SMILES string of the molecule is CC(C)CN1CCCC1.CC(C)c1ccc(CN2CCN(CCCO)CC2)cc1. The first kappa shape index (κ1) is 24.3. The normalized spacial score (nSPS) is 19.0. The summed E-state index contributed by atoms with van der Waals surface area (Å²) in [4.78, 5) is 7.54. The summed E-state index contributed by atoms with van der Waals surface area (Å²) < 4.78 is 0. The molecule has 0 aliphatic carbocycles. The lowest BCUT2D eigenvalue weighted by Gasteiger charge is -2.34. The fraction of sp³-hybridized carbons (Fsp3) is 0.760. The molecule has 0 saturated carbocycles. The Morgan fingerprint density at radius 1 is 0.793 bits per heavy atom. The Hall–Kier alpha value is -0.940. The first-order valence-electron chi connectivity index (χ1n) is 11.8. The highest BCUT2D eigenvalue weighted by molar-refractivity contribution is 5.24. The lowest BCUT2D eigenvalue weighted by molar-refractivity contribution is 0.120. The fourth-order valence-corrected chi connectivity index (χ4v) is 4.21. The van der Waals surface area contributed by atoms with Crippen molar-refractivity contribution in [2.45, 2.75) is 59.4 Å². The molecule has 4 heteroatoms. The quantitative estimate of drug-likeness (QED) is 0.709. The molecule has 3 rings (SSSR count). The maximum Gasteiger partial charge on any atom is 0.0443 e. The van der Waals surface area contributed by atoms with Crippen molar-refractivity contribution in [2.75, 3.05) is 59.0 Å². The van der Waals surface area contributed by atoms with Crippen LogP contribution in [0, 0.1) is 5.92 Å². The lowest BCUT2D eigenvalue weighted by Crippen LogP contribution is -2.46. The second-order valence-corrected chi connectivity index (χ2v) is 9.49. The Bertz CT molecular complexity index is 530. The smallest absolute Gasteiger partial charge is 0.0443 e. The van der Waals surface area contributed by atoms with Crippen LogP contribution in [0.4, 0.5) is 0 Å². The minimum absolute atomic E-state index is 0.308. The van der Waals surface area contributed by atoms with E-state index in [0.717, 1.165) is 51.6 Å². The van der Waals surface area contributed by atoms with Crippen molar-refractivity contribution >= 4 is 0 Å². The minimum atomic E-state index is 0.308. The summed E-state index contributed by atoms with van der Waals surface area (Å²) in [5.74, 6) is 1.46. The maximum atomic E-state index is 8.87. The Morgan fingerprint density at radius 3 is 1.90 bits per heavy atom. The van der Waals surface area contributed by atoms with Crippen molar-refractivity contribution in [2.24, 2.45) is 5.92 Å². The van der Waals surface area contributed by atoms with Crippen LogP contribution in [0.2, 0.25) is 0 Å². The van der Waals surface area contributed by atoms with Crippen LogP contribution >= 0.6 is 0 Å². The molecule has 2 aliphatic rings. The van der Waals surface area contributed by atoms with E-state index >= 15 is 0 Å². The molecule has 0 spiro atoms. The summed E-state index contributed by atoms with van der Waals surface area (Å²) in [5.41, 5.74) is 2.83. The summed E-state index contributed by atoms with van der Waals surface area (Å²) in [5, 5.41) is 8.87. The van der Waals surface area contributed by atoms with Gasteiger partial charge < -0.3 is 14.9 Å². The summed E-state index contributed by atoms with van der Waals surface area (Å²) in [6, 6.07) is 9.07. The highest BCUT2D eigenvalue weighted by Crippen LogP contribution is 2.16. The molecule has 0 aromatic heterocycles. The van der Waals surface area contributed by atoms with Gasteiger partial charge in [-0.1, -0.05) is 52.0 Å². The van der Waals surface area contributed by atoms with Gasteiger partial charge in [-0.25, -0.2) is 0 Å². The second kappa shape index (κ2) is 13.4. The van der Waals surface area contributed by atoms with E-state index in [0.29, 0.717) is 12.5 Å². The van der Waals surface area contributed by atoms with Crippen molar-refractivity contribution in [3.05, 3.63) is 35.4 Å². The number of hydrogen-bond donors (Lipinski definition) is 1. The van der Waals surface area contributed by atoms with Crippen molar-refractivity contribution in [3.63, 3.8) is 0 Å². The summed E-state index contributed by atoms with van der Waals surface area (Å²) >= 11 is 0. The molecule has 0 bridgehead atoms. The molecular formula is C25H45N3O. The zero-order valence-electron chi connectivity index (χ0n) is 19.4. The zero-order chi connectivity index (χ0) is 21.1. The van der Waals surface area contributed by atoms with Crippen LogP contribution in [0.1, 0.15) is 64.0 Å². The van der Waals surface area contributed by atoms with Crippen LogP contribution in [0.5, 0.6) is 0 Å². The van der Waals surface area contributed by atoms with E-state index in [9.17, 15) is 0 Å². The molecule has 1 aromatic rings. The zero-order valence-corrected chi connectivity index (χ0v) is 19.4. The lowest BCUT2D eigenvalue weighted by atomic mass is 10.0. The summed E-state index contributed by atoms with van der Waals surface area (Å²) in [6.45, 7) is 20.0. The van der Waals surface area contributed by atoms with Crippen LogP contribution in [0.15, 0.2) is 24.3 Å². The van der Waals surface area contributed by atoms with Gasteiger partial charge >= 0.3 is 0 Å². The number of piperazine rings is 1. The Balaban J connectivity index is 0.000000278. The van der Waals surface area contributed by atoms with Crippen molar-refractivity contribution in [1.29, 1.82) is 0 Å². The van der Waals surface area contributed by atoms with Crippen molar-refractivity contribution in [1.82, 2.24) is 14.7 Å². The molecule has 4 nitrogen and oxygen atoms in total. The first-order valence-corrected chi connectivity index (χ1v) is 11.8. The molecule has 1 N–H and O–H groups in total. The molecule has 0 atom stereocenters. The largest absolute Gasteiger partial charge is 0.396 e. The number of rotatable bonds is 8. The van der Waals surface area contributed by atoms with Gasteiger partial charge in [0.25, 0.3) is 0 Å². The van der Waals surface area contributed by atoms with E-state index in [2.05, 4.69) is 66.7 Å². The van der Waals surface area contributed by atoms with Crippen LogP contribution in [0.25, 0.3) is 0 Å². The highest BCUT2D eigenvalue weighted by Gasteiger charge is 2.16. The molecule has 29 heavy (non-hydrogen) atoms. The minimum Gasteiger partial charge on any atom is -0.396 e. The summed E-state index contributed by atoms with van der Waals surface area (Å²) in [7, 11) is 0. The van der Waals surface area contributed by atoms with Crippen LogP contribution in [-0.2, 0) is 6.54 Å². The average molecular weight is 404 g/mol. The Morgan fingerprint density at radius 2 is 1.38 bits per heavy atom. The second-order valence-electron chi connectivity index (χ2n) is 9.49. The third-order valence-electron chi connectivity index (χ3n) is 5.97. The van der Waals surface area contributed by atoms with Gasteiger partial charge in [-0.2, -0.15) is 0 Å². The number of hydrogen-bond acceptors (Lipinski definition) is 4. The molecule has 1 aromatic carbocycles. The van der Waals surface area contributed by atoms with Gasteiger partial charge in [0.05, 0.1) is 0 Å². The fourth-order valence-electron chi connectivity index (χ4n) is 4.21. The van der Waals surface area contributed by atoms with Gasteiger partial charge in [0, 0.05) is 52.4 Å². The van der Waals surface area contributed by atoms with E-state index in [1.54, 1.807) is 0 Å². The Kier molecular flexibility index (Phi) is 11.2. The highest BCUT2D eigenvalue weighted by atomic mass is 16.3. The predicted octanol–water partition coefficient (Wildman–Crippen LogP) is 4.05. The van der Waals surface area contributed by atoms with E-state index in [-0.39, 0.29) is 0 Å². The maximum absolute atomic E-state index is 8.87. The molecule has 2 fully saturated rings. The standard InChI is InChI=1S/C17H28N2O.C8H17N/c1-15(2)17-6-4-16(5-7-17)14-19-11-9-18(10-12-19)8-3-13-20;1-8(2)7-9-5-3-4-6-9/h4-7,15,20H,3,8-14H2,1-2H3;8H,3-7H2,1-2H3. The third kappa shape index (κ3) is 9.61. The molecular weight excluding hydrogens is 358 g/mol. The molecule has 166 valence electrons. The molecule has 0 unspecified atom stereocenters. The summed E-state index contributed by atoms with van der Waals surface area (Å²) in [6.07, 6.45) is 3.75. The van der Waals surface area contributed by atoms with E-state index in [1.807, 2.05) is 0 Å². The predicted molar refractivity (Wildman–Crippen MR) is 124 cm³/mol. The van der Waals surface area contributed by atoms with Gasteiger partial charge in [-0.05, 0) is 55.3 Å². The topological polar surface area (TPSA) is 30.0 Å². The number of benzene rings is 1. The first-order chi connectivity index (χ1) is 14.0. The van der Waals surface area contributed by atoms with E-state index in [1.165, 1.54) is 43.6 Å². The molecule has 2 aliphatic heterocycles. The number of aliphatic hydroxyl groups excluding tert-OH is 1. The molecule has 0 radical (unpaired) electrons. The number of likely N-dealkylation sites (tertiary alicyclic amines) is 1. The number of nitrogens with zero attached hydrogens (tertiary/aromatic N) is 3. The van der Waals surface area contributed by atoms with E-state index in [4.69, 9.17) is 5.11 Å². The van der Waals surface area contributed by atoms with Crippen LogP contribution in [0.3, 0.4) is 0 Å². The van der Waals surface area contributed by atoms with Crippen LogP contribution < -0.4 is 0 Å². The Labute approximate surface area is 179 Å². The van der Waals surface area contributed by atoms with Crippen molar-refractivity contribution < 1.29 is 5.11 Å². The van der Waals surface area contributed by atoms with Gasteiger partial charge in [0.1, 0.15) is 0 Å². The van der Waals surface area contributed by atoms with E-state index < -0.39 is 0 Å². The monoisotopic (exact) mass is 403 g/mol. The number of aliphatic hydroxyl groups is 1. The molecule has 2 heterocycles. The van der Waals surface area contributed by atoms with Crippen molar-refractivity contribution in [3.8, 4) is 0 Å². The average Bonchev–Trinajstić information content (AvgIpc) is 3.21. The van der Waals surface area contributed by atoms with Gasteiger partial charge in [-0.3, -0.25) is 4.90 Å². The molecule has 0 amide bonds. The third-order valence-corrected chi connectivity index (χ3v) is 5.97.